The van der Waals surface area contributed by atoms with Crippen molar-refractivity contribution in [2.45, 2.75) is 25.3 Å². The first-order valence-electron chi connectivity index (χ1n) is 7.39. The third kappa shape index (κ3) is 3.48. The molecule has 0 bridgehead atoms. The van der Waals surface area contributed by atoms with Crippen LogP contribution in [0.1, 0.15) is 29.6 Å². The number of aliphatic hydroxyl groups excluding tert-OH is 1. The van der Waals surface area contributed by atoms with E-state index in [1.54, 1.807) is 29.2 Å². The van der Waals surface area contributed by atoms with E-state index in [1.807, 2.05) is 12.1 Å². The van der Waals surface area contributed by atoms with Crippen LogP contribution in [0.4, 0.5) is 0 Å². The fourth-order valence-corrected chi connectivity index (χ4v) is 2.70. The summed E-state index contributed by atoms with van der Waals surface area (Å²) in [6, 6.07) is 7.33. The average Bonchev–Trinajstić information content (AvgIpc) is 3.23. The van der Waals surface area contributed by atoms with E-state index in [0.717, 1.165) is 18.5 Å². The highest BCUT2D eigenvalue weighted by Gasteiger charge is 2.32. The molecular weight excluding hydrogens is 302 g/mol. The summed E-state index contributed by atoms with van der Waals surface area (Å²) in [5.41, 5.74) is 1.31. The second-order valence-corrected chi connectivity index (χ2v) is 6.02. The molecule has 1 fully saturated rings. The average molecular weight is 320 g/mol. The number of halogens is 1. The molecule has 116 valence electrons. The van der Waals surface area contributed by atoms with Gasteiger partial charge in [-0.15, -0.1) is 0 Å². The third-order valence-electron chi connectivity index (χ3n) is 3.87. The Hall–Kier alpha value is -1.85. The normalized spacial score (nSPS) is 15.5. The topological polar surface area (TPSA) is 67.2 Å². The second kappa shape index (κ2) is 6.50. The van der Waals surface area contributed by atoms with E-state index < -0.39 is 0 Å². The number of hydrogen-bond donors (Lipinski definition) is 2. The predicted octanol–water partition coefficient (Wildman–Crippen LogP) is 2.42. The first-order chi connectivity index (χ1) is 10.7. The number of nitrogens with one attached hydrogen (secondary N) is 1. The van der Waals surface area contributed by atoms with Crippen LogP contribution < -0.4 is 5.32 Å². The van der Waals surface area contributed by atoms with Crippen LogP contribution in [0.3, 0.4) is 0 Å². The van der Waals surface area contributed by atoms with Crippen LogP contribution in [0, 0.1) is 5.92 Å². The van der Waals surface area contributed by atoms with Gasteiger partial charge in [-0.2, -0.15) is 5.10 Å². The Bertz CT molecular complexity index is 667. The standard InChI is InChI=1S/C16H18ClN3O2/c17-13-2-1-3-14(8-13)20-10-12(9-18-20)16(22)19-15(6-7-21)11-4-5-11/h1-3,8-11,15,21H,4-7H2,(H,19,22). The molecule has 1 aliphatic rings. The van der Waals surface area contributed by atoms with Gasteiger partial charge in [-0.3, -0.25) is 4.79 Å². The van der Waals surface area contributed by atoms with Crippen molar-refractivity contribution in [2.24, 2.45) is 5.92 Å². The Kier molecular flexibility index (Phi) is 4.45. The molecule has 1 aliphatic carbocycles. The number of amides is 1. The predicted molar refractivity (Wildman–Crippen MR) is 84.3 cm³/mol. The molecule has 1 unspecified atom stereocenters. The van der Waals surface area contributed by atoms with Crippen LogP contribution in [0.5, 0.6) is 0 Å². The maximum absolute atomic E-state index is 12.3. The summed E-state index contributed by atoms with van der Waals surface area (Å²) in [6.07, 6.45) is 6.06. The largest absolute Gasteiger partial charge is 0.396 e. The molecule has 2 aromatic rings. The molecule has 1 saturated carbocycles. The molecule has 0 radical (unpaired) electrons. The van der Waals surface area contributed by atoms with E-state index in [4.69, 9.17) is 16.7 Å². The van der Waals surface area contributed by atoms with Crippen molar-refractivity contribution in [3.63, 3.8) is 0 Å². The SMILES string of the molecule is O=C(NC(CCO)C1CC1)c1cnn(-c2cccc(Cl)c2)c1. The molecule has 2 N–H and O–H groups in total. The number of aromatic nitrogens is 2. The summed E-state index contributed by atoms with van der Waals surface area (Å²) in [6.45, 7) is 0.0865. The number of aliphatic hydroxyl groups is 1. The minimum atomic E-state index is -0.154. The van der Waals surface area contributed by atoms with Crippen molar-refractivity contribution in [2.75, 3.05) is 6.61 Å². The van der Waals surface area contributed by atoms with Gasteiger partial charge in [0.1, 0.15) is 0 Å². The first-order valence-corrected chi connectivity index (χ1v) is 7.77. The van der Waals surface area contributed by atoms with Crippen molar-refractivity contribution < 1.29 is 9.90 Å². The molecule has 0 saturated heterocycles. The van der Waals surface area contributed by atoms with Crippen molar-refractivity contribution in [1.82, 2.24) is 15.1 Å². The van der Waals surface area contributed by atoms with Gasteiger partial charge < -0.3 is 10.4 Å². The van der Waals surface area contributed by atoms with Gasteiger partial charge in [0.2, 0.25) is 0 Å². The molecule has 6 heteroatoms. The summed E-state index contributed by atoms with van der Waals surface area (Å²) in [5, 5.41) is 16.9. The van der Waals surface area contributed by atoms with Crippen LogP contribution in [0.2, 0.25) is 5.02 Å². The monoisotopic (exact) mass is 319 g/mol. The molecule has 22 heavy (non-hydrogen) atoms. The molecule has 1 aromatic carbocycles. The van der Waals surface area contributed by atoms with Crippen LogP contribution in [-0.2, 0) is 0 Å². The zero-order valence-electron chi connectivity index (χ0n) is 12.1. The maximum atomic E-state index is 12.3. The Morgan fingerprint density at radius 2 is 2.32 bits per heavy atom. The molecule has 0 spiro atoms. The lowest BCUT2D eigenvalue weighted by atomic mass is 10.1. The number of nitrogens with zero attached hydrogens (tertiary/aromatic N) is 2. The highest BCUT2D eigenvalue weighted by atomic mass is 35.5. The molecule has 1 aromatic heterocycles. The van der Waals surface area contributed by atoms with E-state index in [0.29, 0.717) is 22.9 Å². The summed E-state index contributed by atoms with van der Waals surface area (Å²) in [7, 11) is 0. The molecule has 1 heterocycles. The lowest BCUT2D eigenvalue weighted by Crippen LogP contribution is -2.37. The van der Waals surface area contributed by atoms with Gasteiger partial charge >= 0.3 is 0 Å². The Morgan fingerprint density at radius 3 is 3.00 bits per heavy atom. The molecular formula is C16H18ClN3O2. The van der Waals surface area contributed by atoms with Crippen LogP contribution in [0.15, 0.2) is 36.7 Å². The van der Waals surface area contributed by atoms with Crippen molar-refractivity contribution in [1.29, 1.82) is 0 Å². The highest BCUT2D eigenvalue weighted by molar-refractivity contribution is 6.30. The minimum absolute atomic E-state index is 0.0482. The van der Waals surface area contributed by atoms with Gasteiger partial charge in [-0.25, -0.2) is 4.68 Å². The molecule has 3 rings (SSSR count). The van der Waals surface area contributed by atoms with E-state index >= 15 is 0 Å². The number of rotatable bonds is 6. The first kappa shape index (κ1) is 15.1. The van der Waals surface area contributed by atoms with Crippen molar-refractivity contribution >= 4 is 17.5 Å². The van der Waals surface area contributed by atoms with E-state index in [1.165, 1.54) is 0 Å². The third-order valence-corrected chi connectivity index (χ3v) is 4.10. The minimum Gasteiger partial charge on any atom is -0.396 e. The van der Waals surface area contributed by atoms with E-state index in [9.17, 15) is 4.79 Å². The molecule has 5 nitrogen and oxygen atoms in total. The van der Waals surface area contributed by atoms with Crippen molar-refractivity contribution in [3.8, 4) is 5.69 Å². The molecule has 0 aliphatic heterocycles. The van der Waals surface area contributed by atoms with Crippen LogP contribution in [-0.4, -0.2) is 33.4 Å². The van der Waals surface area contributed by atoms with Gasteiger partial charge in [-0.1, -0.05) is 17.7 Å². The van der Waals surface area contributed by atoms with E-state index in [-0.39, 0.29) is 18.6 Å². The summed E-state index contributed by atoms with van der Waals surface area (Å²) < 4.78 is 1.62. The lowest BCUT2D eigenvalue weighted by Gasteiger charge is -2.16. The molecule has 1 amide bonds. The zero-order chi connectivity index (χ0) is 15.5. The Balaban J connectivity index is 1.71. The van der Waals surface area contributed by atoms with Gasteiger partial charge in [0, 0.05) is 23.9 Å². The molecule has 1 atom stereocenters. The van der Waals surface area contributed by atoms with Gasteiger partial charge in [-0.05, 0) is 43.4 Å². The number of carbonyl (C=O) groups excluding carboxylic acids is 1. The van der Waals surface area contributed by atoms with Gasteiger partial charge in [0.25, 0.3) is 5.91 Å². The summed E-state index contributed by atoms with van der Waals surface area (Å²) in [4.78, 5) is 12.3. The Labute approximate surface area is 133 Å². The van der Waals surface area contributed by atoms with Crippen LogP contribution in [0.25, 0.3) is 5.69 Å². The van der Waals surface area contributed by atoms with Crippen molar-refractivity contribution in [3.05, 3.63) is 47.2 Å². The fraction of sp³-hybridized carbons (Fsp3) is 0.375. The lowest BCUT2D eigenvalue weighted by molar-refractivity contribution is 0.0924. The summed E-state index contributed by atoms with van der Waals surface area (Å²) in [5.74, 6) is 0.345. The fourth-order valence-electron chi connectivity index (χ4n) is 2.52. The Morgan fingerprint density at radius 1 is 1.50 bits per heavy atom. The number of benzene rings is 1. The highest BCUT2D eigenvalue weighted by Crippen LogP contribution is 2.34. The van der Waals surface area contributed by atoms with Gasteiger partial charge in [0.15, 0.2) is 0 Å². The summed E-state index contributed by atoms with van der Waals surface area (Å²) >= 11 is 5.97. The smallest absolute Gasteiger partial charge is 0.254 e. The number of carbonyl (C=O) groups is 1. The maximum Gasteiger partial charge on any atom is 0.254 e. The van der Waals surface area contributed by atoms with Crippen LogP contribution >= 0.6 is 11.6 Å². The zero-order valence-corrected chi connectivity index (χ0v) is 12.8. The van der Waals surface area contributed by atoms with Gasteiger partial charge in [0.05, 0.1) is 17.4 Å². The quantitative estimate of drug-likeness (QED) is 0.859. The van der Waals surface area contributed by atoms with E-state index in [2.05, 4.69) is 10.4 Å². The second-order valence-electron chi connectivity index (χ2n) is 5.58. The number of hydrogen-bond acceptors (Lipinski definition) is 3.